The number of aliphatic hydroxyl groups is 1. The van der Waals surface area contributed by atoms with Crippen molar-refractivity contribution in [3.63, 3.8) is 0 Å². The summed E-state index contributed by atoms with van der Waals surface area (Å²) in [5.41, 5.74) is 0.676. The van der Waals surface area contributed by atoms with Crippen LogP contribution in [-0.4, -0.2) is 55.1 Å². The molecule has 6 heteroatoms. The average Bonchev–Trinajstić information content (AvgIpc) is 2.91. The molecule has 116 valence electrons. The van der Waals surface area contributed by atoms with Crippen LogP contribution in [0.2, 0.25) is 0 Å². The average molecular weight is 294 g/mol. The number of β-amino-alcohol motifs (C(OH)–C–C–N with tert-alkyl or cyclic N) is 1. The van der Waals surface area contributed by atoms with Gasteiger partial charge in [-0.1, -0.05) is 6.07 Å². The third-order valence-corrected chi connectivity index (χ3v) is 3.24. The largest absolute Gasteiger partial charge is 0.491 e. The molecule has 21 heavy (non-hydrogen) atoms. The maximum atomic E-state index is 12.0. The Morgan fingerprint density at radius 3 is 3.05 bits per heavy atom. The summed E-state index contributed by atoms with van der Waals surface area (Å²) in [6.45, 7) is 4.59. The number of carbonyl (C=O) groups is 1. The third-order valence-electron chi connectivity index (χ3n) is 3.24. The Morgan fingerprint density at radius 2 is 2.33 bits per heavy atom. The number of amides is 2. The number of nitrogens with zero attached hydrogens (tertiary/aromatic N) is 1. The predicted octanol–water partition coefficient (Wildman–Crippen LogP) is 1.70. The van der Waals surface area contributed by atoms with Crippen LogP contribution in [0.15, 0.2) is 24.3 Å². The van der Waals surface area contributed by atoms with Crippen LogP contribution in [0.3, 0.4) is 0 Å². The number of rotatable bonds is 6. The Hall–Kier alpha value is -1.79. The molecule has 0 aliphatic carbocycles. The van der Waals surface area contributed by atoms with Crippen LogP contribution < -0.4 is 10.1 Å². The smallest absolute Gasteiger partial charge is 0.321 e. The third kappa shape index (κ3) is 4.91. The van der Waals surface area contributed by atoms with Crippen LogP contribution in [0.1, 0.15) is 13.3 Å². The number of likely N-dealkylation sites (tertiary alicyclic amines) is 1. The maximum absolute atomic E-state index is 12.0. The van der Waals surface area contributed by atoms with Crippen molar-refractivity contribution in [2.45, 2.75) is 19.4 Å². The first-order chi connectivity index (χ1) is 10.2. The number of hydrogen-bond donors (Lipinski definition) is 2. The van der Waals surface area contributed by atoms with E-state index in [-0.39, 0.29) is 6.03 Å². The van der Waals surface area contributed by atoms with Crippen molar-refractivity contribution in [1.29, 1.82) is 0 Å². The van der Waals surface area contributed by atoms with Gasteiger partial charge in [0.2, 0.25) is 0 Å². The van der Waals surface area contributed by atoms with E-state index in [0.29, 0.717) is 50.8 Å². The van der Waals surface area contributed by atoms with E-state index in [2.05, 4.69) is 5.32 Å². The molecular weight excluding hydrogens is 272 g/mol. The molecule has 1 atom stereocenters. The van der Waals surface area contributed by atoms with E-state index in [0.717, 1.165) is 0 Å². The Bertz CT molecular complexity index is 467. The van der Waals surface area contributed by atoms with Gasteiger partial charge in [-0.05, 0) is 25.5 Å². The predicted molar refractivity (Wildman–Crippen MR) is 79.6 cm³/mol. The molecule has 1 aliphatic heterocycles. The molecule has 1 heterocycles. The second-order valence-electron chi connectivity index (χ2n) is 4.89. The van der Waals surface area contributed by atoms with E-state index in [1.54, 1.807) is 17.0 Å². The number of carbonyl (C=O) groups excluding carboxylic acids is 1. The second-order valence-corrected chi connectivity index (χ2v) is 4.89. The SMILES string of the molecule is CCOCCOc1cccc(NC(=O)N2CC[C@@H](O)C2)c1. The van der Waals surface area contributed by atoms with Crippen molar-refractivity contribution in [1.82, 2.24) is 4.90 Å². The summed E-state index contributed by atoms with van der Waals surface area (Å²) < 4.78 is 10.7. The monoisotopic (exact) mass is 294 g/mol. The fourth-order valence-corrected chi connectivity index (χ4v) is 2.16. The first-order valence-electron chi connectivity index (χ1n) is 7.23. The van der Waals surface area contributed by atoms with Crippen molar-refractivity contribution in [3.8, 4) is 5.75 Å². The molecule has 6 nitrogen and oxygen atoms in total. The van der Waals surface area contributed by atoms with Crippen LogP contribution in [0, 0.1) is 0 Å². The highest BCUT2D eigenvalue weighted by molar-refractivity contribution is 5.89. The molecule has 2 rings (SSSR count). The summed E-state index contributed by atoms with van der Waals surface area (Å²) >= 11 is 0. The van der Waals surface area contributed by atoms with Gasteiger partial charge in [0.15, 0.2) is 0 Å². The van der Waals surface area contributed by atoms with E-state index < -0.39 is 6.10 Å². The molecule has 0 unspecified atom stereocenters. The lowest BCUT2D eigenvalue weighted by Crippen LogP contribution is -2.33. The molecule has 2 N–H and O–H groups in total. The quantitative estimate of drug-likeness (QED) is 0.783. The van der Waals surface area contributed by atoms with E-state index in [9.17, 15) is 9.90 Å². The van der Waals surface area contributed by atoms with Gasteiger partial charge in [0.25, 0.3) is 0 Å². The molecule has 1 fully saturated rings. The molecular formula is C15H22N2O4. The highest BCUT2D eigenvalue weighted by Gasteiger charge is 2.24. The topological polar surface area (TPSA) is 71.0 Å². The first-order valence-corrected chi connectivity index (χ1v) is 7.23. The number of urea groups is 1. The molecule has 1 aromatic carbocycles. The van der Waals surface area contributed by atoms with E-state index in [1.807, 2.05) is 19.1 Å². The number of aliphatic hydroxyl groups excluding tert-OH is 1. The Labute approximate surface area is 124 Å². The van der Waals surface area contributed by atoms with Crippen molar-refractivity contribution < 1.29 is 19.4 Å². The summed E-state index contributed by atoms with van der Waals surface area (Å²) in [7, 11) is 0. The van der Waals surface area contributed by atoms with E-state index in [4.69, 9.17) is 9.47 Å². The van der Waals surface area contributed by atoms with Crippen molar-refractivity contribution in [2.75, 3.05) is 38.2 Å². The minimum atomic E-state index is -0.413. The normalized spacial score (nSPS) is 17.8. The fourth-order valence-electron chi connectivity index (χ4n) is 2.16. The highest BCUT2D eigenvalue weighted by atomic mass is 16.5. The Kier molecular flexibility index (Phi) is 5.83. The number of anilines is 1. The molecule has 0 aromatic heterocycles. The van der Waals surface area contributed by atoms with Gasteiger partial charge >= 0.3 is 6.03 Å². The fraction of sp³-hybridized carbons (Fsp3) is 0.533. The van der Waals surface area contributed by atoms with Crippen molar-refractivity contribution in [2.24, 2.45) is 0 Å². The molecule has 0 radical (unpaired) electrons. The lowest BCUT2D eigenvalue weighted by Gasteiger charge is -2.17. The zero-order valence-corrected chi connectivity index (χ0v) is 12.2. The minimum absolute atomic E-state index is 0.196. The lowest BCUT2D eigenvalue weighted by molar-refractivity contribution is 0.110. The van der Waals surface area contributed by atoms with Crippen LogP contribution in [0.25, 0.3) is 0 Å². The van der Waals surface area contributed by atoms with Crippen molar-refractivity contribution in [3.05, 3.63) is 24.3 Å². The van der Waals surface area contributed by atoms with Gasteiger partial charge in [-0.25, -0.2) is 4.79 Å². The van der Waals surface area contributed by atoms with Crippen molar-refractivity contribution >= 4 is 11.7 Å². The summed E-state index contributed by atoms with van der Waals surface area (Å²) in [6, 6.07) is 7.04. The Balaban J connectivity index is 1.84. The zero-order valence-electron chi connectivity index (χ0n) is 12.2. The summed E-state index contributed by atoms with van der Waals surface area (Å²) in [5, 5.41) is 12.3. The van der Waals surface area contributed by atoms with E-state index in [1.165, 1.54) is 0 Å². The molecule has 2 amide bonds. The Morgan fingerprint density at radius 1 is 1.48 bits per heavy atom. The van der Waals surface area contributed by atoms with Gasteiger partial charge in [0.1, 0.15) is 12.4 Å². The summed E-state index contributed by atoms with van der Waals surface area (Å²) in [4.78, 5) is 13.6. The first kappa shape index (κ1) is 15.6. The molecule has 1 aromatic rings. The number of ether oxygens (including phenoxy) is 2. The molecule has 1 aliphatic rings. The van der Waals surface area contributed by atoms with E-state index >= 15 is 0 Å². The van der Waals surface area contributed by atoms with Crippen LogP contribution in [0.5, 0.6) is 5.75 Å². The van der Waals surface area contributed by atoms with Gasteiger partial charge in [-0.2, -0.15) is 0 Å². The van der Waals surface area contributed by atoms with Crippen LogP contribution in [-0.2, 0) is 4.74 Å². The second kappa shape index (κ2) is 7.85. The molecule has 0 spiro atoms. The minimum Gasteiger partial charge on any atom is -0.491 e. The molecule has 0 bridgehead atoms. The van der Waals surface area contributed by atoms with Gasteiger partial charge < -0.3 is 24.8 Å². The lowest BCUT2D eigenvalue weighted by atomic mass is 10.3. The summed E-state index contributed by atoms with van der Waals surface area (Å²) in [6.07, 6.45) is 0.220. The molecule has 0 saturated carbocycles. The maximum Gasteiger partial charge on any atom is 0.321 e. The summed E-state index contributed by atoms with van der Waals surface area (Å²) in [5.74, 6) is 0.689. The number of nitrogens with one attached hydrogen (secondary N) is 1. The van der Waals surface area contributed by atoms with Gasteiger partial charge in [0, 0.05) is 31.5 Å². The van der Waals surface area contributed by atoms with Crippen LogP contribution >= 0.6 is 0 Å². The van der Waals surface area contributed by atoms with Gasteiger partial charge in [-0.3, -0.25) is 0 Å². The van der Waals surface area contributed by atoms with Crippen LogP contribution in [0.4, 0.5) is 10.5 Å². The zero-order chi connectivity index (χ0) is 15.1. The number of hydrogen-bond acceptors (Lipinski definition) is 4. The molecule has 1 saturated heterocycles. The highest BCUT2D eigenvalue weighted by Crippen LogP contribution is 2.18. The standard InChI is InChI=1S/C15H22N2O4/c1-2-20-8-9-21-14-5-3-4-12(10-14)16-15(19)17-7-6-13(18)11-17/h3-5,10,13,18H,2,6-9,11H2,1H3,(H,16,19)/t13-/m1/s1. The van der Waals surface area contributed by atoms with Gasteiger partial charge in [-0.15, -0.1) is 0 Å². The van der Waals surface area contributed by atoms with Gasteiger partial charge in [0.05, 0.1) is 12.7 Å². The number of benzene rings is 1.